The first kappa shape index (κ1) is 11.5. The molecule has 0 aromatic heterocycles. The fraction of sp³-hybridized carbons (Fsp3) is 0.0625. The number of nitrogens with zero attached hydrogens (tertiary/aromatic N) is 2. The predicted octanol–water partition coefficient (Wildman–Crippen LogP) is 1.99. The third-order valence-electron chi connectivity index (χ3n) is 2.82. The van der Waals surface area contributed by atoms with Gasteiger partial charge in [-0.1, -0.05) is 24.3 Å². The highest BCUT2D eigenvalue weighted by Gasteiger charge is 2.08. The molecule has 0 spiro atoms. The van der Waals surface area contributed by atoms with Crippen LogP contribution in [0.25, 0.3) is 6.08 Å². The number of rotatable bonds is 0. The van der Waals surface area contributed by atoms with Crippen LogP contribution >= 0.6 is 0 Å². The number of ether oxygens (including phenoxy) is 1. The van der Waals surface area contributed by atoms with E-state index in [9.17, 15) is 0 Å². The topological polar surface area (TPSA) is 34.0 Å². The smallest absolute Gasteiger partial charge is 0.212 e. The van der Waals surface area contributed by atoms with Gasteiger partial charge >= 0.3 is 0 Å². The van der Waals surface area contributed by atoms with Crippen molar-refractivity contribution in [2.24, 2.45) is 9.98 Å². The molecule has 0 N–H and O–H groups in total. The molecule has 2 aliphatic heterocycles. The molecule has 0 saturated heterocycles. The Morgan fingerprint density at radius 3 is 3.11 bits per heavy atom. The van der Waals surface area contributed by atoms with Crippen molar-refractivity contribution in [3.63, 3.8) is 0 Å². The van der Waals surface area contributed by atoms with Gasteiger partial charge in [-0.2, -0.15) is 0 Å². The number of fused-ring (bicyclic) bond motifs is 1. The minimum Gasteiger partial charge on any atom is -0.437 e. The SMILES string of the molecule is C=C1/N=c2/cccc/c2=C/CC2=C(C=C=CC=N2)O1. The summed E-state index contributed by atoms with van der Waals surface area (Å²) in [5.41, 5.74) is 3.82. The summed E-state index contributed by atoms with van der Waals surface area (Å²) in [6.07, 6.45) is 7.98. The van der Waals surface area contributed by atoms with Gasteiger partial charge in [0.05, 0.1) is 11.1 Å². The number of benzene rings is 1. The average molecular weight is 248 g/mol. The maximum atomic E-state index is 5.66. The zero-order chi connectivity index (χ0) is 13.1. The molecule has 3 heteroatoms. The maximum Gasteiger partial charge on any atom is 0.212 e. The third-order valence-corrected chi connectivity index (χ3v) is 2.82. The van der Waals surface area contributed by atoms with E-state index in [1.165, 1.54) is 0 Å². The predicted molar refractivity (Wildman–Crippen MR) is 74.7 cm³/mol. The quantitative estimate of drug-likeness (QED) is 0.646. The van der Waals surface area contributed by atoms with Crippen molar-refractivity contribution in [1.29, 1.82) is 0 Å². The normalized spacial score (nSPS) is 20.5. The van der Waals surface area contributed by atoms with E-state index < -0.39 is 0 Å². The van der Waals surface area contributed by atoms with Crippen LogP contribution in [0.5, 0.6) is 0 Å². The van der Waals surface area contributed by atoms with E-state index in [0.29, 0.717) is 18.1 Å². The Kier molecular flexibility index (Phi) is 2.97. The van der Waals surface area contributed by atoms with Crippen LogP contribution in [0.2, 0.25) is 0 Å². The molecule has 1 aromatic rings. The van der Waals surface area contributed by atoms with Crippen LogP contribution in [0, 0.1) is 0 Å². The lowest BCUT2D eigenvalue weighted by Crippen LogP contribution is -2.24. The van der Waals surface area contributed by atoms with E-state index in [1.54, 1.807) is 18.4 Å². The molecule has 0 amide bonds. The highest BCUT2D eigenvalue weighted by atomic mass is 16.5. The van der Waals surface area contributed by atoms with Gasteiger partial charge in [0.1, 0.15) is 0 Å². The summed E-state index contributed by atoms with van der Waals surface area (Å²) < 4.78 is 5.66. The molecule has 0 bridgehead atoms. The van der Waals surface area contributed by atoms with Crippen LogP contribution in [0.1, 0.15) is 6.42 Å². The lowest BCUT2D eigenvalue weighted by molar-refractivity contribution is 0.311. The van der Waals surface area contributed by atoms with E-state index in [1.807, 2.05) is 24.3 Å². The molecule has 3 rings (SSSR count). The molecule has 0 fully saturated rings. The fourth-order valence-electron chi connectivity index (χ4n) is 1.94. The summed E-state index contributed by atoms with van der Waals surface area (Å²) in [4.78, 5) is 8.75. The number of hydrogen-bond acceptors (Lipinski definition) is 3. The fourth-order valence-corrected chi connectivity index (χ4v) is 1.94. The Balaban J connectivity index is 2.18. The second-order valence-electron chi connectivity index (χ2n) is 4.14. The lowest BCUT2D eigenvalue weighted by Gasteiger charge is -2.06. The van der Waals surface area contributed by atoms with Gasteiger partial charge in [0.25, 0.3) is 0 Å². The minimum atomic E-state index is 0.352. The van der Waals surface area contributed by atoms with Crippen LogP contribution < -0.4 is 10.6 Å². The molecular formula is C16H12N2O. The molecule has 0 aliphatic carbocycles. The zero-order valence-electron chi connectivity index (χ0n) is 10.3. The molecule has 0 radical (unpaired) electrons. The number of hydrogen-bond donors (Lipinski definition) is 0. The Morgan fingerprint density at radius 1 is 1.26 bits per heavy atom. The highest BCUT2D eigenvalue weighted by Crippen LogP contribution is 2.18. The van der Waals surface area contributed by atoms with Crippen molar-refractivity contribution in [2.45, 2.75) is 6.42 Å². The summed E-state index contributed by atoms with van der Waals surface area (Å²) in [5.74, 6) is 0.994. The molecule has 92 valence electrons. The largest absolute Gasteiger partial charge is 0.437 e. The van der Waals surface area contributed by atoms with Crippen molar-refractivity contribution < 1.29 is 4.74 Å². The van der Waals surface area contributed by atoms with Gasteiger partial charge in [-0.25, -0.2) is 4.99 Å². The second kappa shape index (κ2) is 4.92. The standard InChI is InChI=1S/C16H12N2O/c1-12-18-14-7-3-2-6-13(14)9-10-15-16(19-12)8-4-5-11-17-15/h2-3,5-9,11H,1,10H2/b13-9-,18-14-. The number of allylic oxidation sites excluding steroid dienone is 2. The molecule has 2 heterocycles. The van der Waals surface area contributed by atoms with Crippen molar-refractivity contribution >= 4 is 12.3 Å². The van der Waals surface area contributed by atoms with E-state index in [0.717, 1.165) is 16.3 Å². The molecule has 3 nitrogen and oxygen atoms in total. The first-order chi connectivity index (χ1) is 9.33. The van der Waals surface area contributed by atoms with Gasteiger partial charge in [-0.05, 0) is 23.9 Å². The van der Waals surface area contributed by atoms with E-state index in [-0.39, 0.29) is 0 Å². The Bertz CT molecular complexity index is 775. The van der Waals surface area contributed by atoms with Crippen molar-refractivity contribution in [3.05, 3.63) is 76.6 Å². The monoisotopic (exact) mass is 248 g/mol. The third kappa shape index (κ3) is 2.46. The first-order valence-corrected chi connectivity index (χ1v) is 6.02. The summed E-state index contributed by atoms with van der Waals surface area (Å²) >= 11 is 0. The average Bonchev–Trinajstić information content (AvgIpc) is 2.59. The molecule has 0 atom stereocenters. The Hall–Kier alpha value is -2.64. The molecule has 19 heavy (non-hydrogen) atoms. The van der Waals surface area contributed by atoms with Crippen molar-refractivity contribution in [3.8, 4) is 0 Å². The van der Waals surface area contributed by atoms with Crippen molar-refractivity contribution in [1.82, 2.24) is 0 Å². The van der Waals surface area contributed by atoms with Crippen molar-refractivity contribution in [2.75, 3.05) is 0 Å². The summed E-state index contributed by atoms with van der Waals surface area (Å²) in [6, 6.07) is 7.89. The number of aliphatic imine (C=N–C) groups is 1. The maximum absolute atomic E-state index is 5.66. The summed E-state index contributed by atoms with van der Waals surface area (Å²) in [5, 5.41) is 1.91. The molecule has 1 aromatic carbocycles. The van der Waals surface area contributed by atoms with Gasteiger partial charge in [-0.15, -0.1) is 5.73 Å². The molecule has 2 aliphatic rings. The zero-order valence-corrected chi connectivity index (χ0v) is 10.3. The highest BCUT2D eigenvalue weighted by molar-refractivity contribution is 5.73. The van der Waals surface area contributed by atoms with E-state index >= 15 is 0 Å². The minimum absolute atomic E-state index is 0.352. The van der Waals surface area contributed by atoms with E-state index in [2.05, 4.69) is 28.4 Å². The Morgan fingerprint density at radius 2 is 2.16 bits per heavy atom. The molecular weight excluding hydrogens is 236 g/mol. The van der Waals surface area contributed by atoms with Gasteiger partial charge in [0.2, 0.25) is 5.88 Å². The van der Waals surface area contributed by atoms with Gasteiger partial charge in [0.15, 0.2) is 5.76 Å². The Labute approximate surface area is 111 Å². The van der Waals surface area contributed by atoms with E-state index in [4.69, 9.17) is 4.74 Å². The van der Waals surface area contributed by atoms with Crippen LogP contribution in [-0.4, -0.2) is 6.21 Å². The van der Waals surface area contributed by atoms with Crippen LogP contribution in [0.3, 0.4) is 0 Å². The lowest BCUT2D eigenvalue weighted by atomic mass is 10.2. The van der Waals surface area contributed by atoms with Crippen LogP contribution in [0.4, 0.5) is 0 Å². The van der Waals surface area contributed by atoms with Crippen LogP contribution in [-0.2, 0) is 4.74 Å². The van der Waals surface area contributed by atoms with Gasteiger partial charge in [0, 0.05) is 18.7 Å². The van der Waals surface area contributed by atoms with Gasteiger partial charge in [-0.3, -0.25) is 4.99 Å². The van der Waals surface area contributed by atoms with Crippen LogP contribution in [0.15, 0.2) is 76.1 Å². The first-order valence-electron chi connectivity index (χ1n) is 6.02. The summed E-state index contributed by atoms with van der Waals surface area (Å²) in [7, 11) is 0. The molecule has 0 saturated carbocycles. The molecule has 0 unspecified atom stereocenters. The van der Waals surface area contributed by atoms with Gasteiger partial charge < -0.3 is 4.74 Å². The summed E-state index contributed by atoms with van der Waals surface area (Å²) in [6.45, 7) is 3.83. The number of para-hydroxylation sites is 1. The second-order valence-corrected chi connectivity index (χ2v) is 4.14.